The molecule has 1 unspecified atom stereocenters. The summed E-state index contributed by atoms with van der Waals surface area (Å²) in [6.07, 6.45) is 2.72. The molecule has 0 saturated carbocycles. The zero-order valence-electron chi connectivity index (χ0n) is 20.3. The molecule has 0 fully saturated rings. The average Bonchev–Trinajstić information content (AvgIpc) is 2.95. The van der Waals surface area contributed by atoms with Gasteiger partial charge in [0.25, 0.3) is 11.8 Å². The molecule has 0 saturated heterocycles. The van der Waals surface area contributed by atoms with Crippen LogP contribution in [0.25, 0.3) is 16.8 Å². The van der Waals surface area contributed by atoms with Gasteiger partial charge in [-0.05, 0) is 45.7 Å². The molecule has 3 amide bonds. The fourth-order valence-corrected chi connectivity index (χ4v) is 4.07. The second-order valence-corrected chi connectivity index (χ2v) is 8.56. The van der Waals surface area contributed by atoms with E-state index in [0.717, 1.165) is 16.3 Å². The Morgan fingerprint density at radius 3 is 2.24 bits per heavy atom. The smallest absolute Gasteiger partial charge is 0.267 e. The van der Waals surface area contributed by atoms with E-state index in [1.165, 1.54) is 22.5 Å². The summed E-state index contributed by atoms with van der Waals surface area (Å²) >= 11 is 0. The molecule has 3 N–H and O–H groups in total. The van der Waals surface area contributed by atoms with E-state index < -0.39 is 11.9 Å². The van der Waals surface area contributed by atoms with Crippen molar-refractivity contribution in [1.29, 1.82) is 0 Å². The van der Waals surface area contributed by atoms with Crippen LogP contribution in [0.3, 0.4) is 0 Å². The molecule has 0 radical (unpaired) electrons. The maximum absolute atomic E-state index is 13.5. The van der Waals surface area contributed by atoms with Gasteiger partial charge in [-0.2, -0.15) is 0 Å². The molecule has 0 spiro atoms. The van der Waals surface area contributed by atoms with E-state index in [0.29, 0.717) is 23.2 Å². The van der Waals surface area contributed by atoms with Crippen LogP contribution in [-0.4, -0.2) is 34.9 Å². The predicted molar refractivity (Wildman–Crippen MR) is 142 cm³/mol. The number of likely N-dealkylation sites (N-methyl/N-ethyl adjacent to an activating group) is 1. The van der Waals surface area contributed by atoms with E-state index in [2.05, 4.69) is 5.32 Å². The Morgan fingerprint density at radius 2 is 1.54 bits per heavy atom. The van der Waals surface area contributed by atoms with Crippen LogP contribution < -0.4 is 10.8 Å². The van der Waals surface area contributed by atoms with Gasteiger partial charge >= 0.3 is 0 Å². The second kappa shape index (κ2) is 11.8. The monoisotopic (exact) mass is 493 g/mol. The van der Waals surface area contributed by atoms with Gasteiger partial charge in [0.1, 0.15) is 6.04 Å². The van der Waals surface area contributed by atoms with Crippen molar-refractivity contribution in [1.82, 2.24) is 15.7 Å². The standard InChI is InChI=1S/C30H27N3O4/c1-33(30(36)26-17-16-23-9-5-6-10-25(23)19-26)28(29(35)31-20-22-7-3-2-4-8-22)24-14-11-21(12-15-24)13-18-27(34)32-37/h2-19,28,37H,20H2,1H3,(H,31,35)(H,32,34)/b18-13+. The molecule has 7 nitrogen and oxygen atoms in total. The van der Waals surface area contributed by atoms with Crippen LogP contribution in [0.15, 0.2) is 103 Å². The molecule has 0 aromatic heterocycles. The van der Waals surface area contributed by atoms with Crippen LogP contribution in [0.2, 0.25) is 0 Å². The lowest BCUT2D eigenvalue weighted by atomic mass is 10.0. The lowest BCUT2D eigenvalue weighted by Crippen LogP contribution is -2.41. The average molecular weight is 494 g/mol. The third-order valence-electron chi connectivity index (χ3n) is 6.05. The van der Waals surface area contributed by atoms with Crippen molar-refractivity contribution in [2.24, 2.45) is 0 Å². The zero-order chi connectivity index (χ0) is 26.2. The molecule has 0 aliphatic heterocycles. The number of nitrogens with one attached hydrogen (secondary N) is 2. The Bertz CT molecular complexity index is 1430. The quantitative estimate of drug-likeness (QED) is 0.191. The minimum Gasteiger partial charge on any atom is -0.350 e. The van der Waals surface area contributed by atoms with Gasteiger partial charge in [-0.1, -0.05) is 84.9 Å². The summed E-state index contributed by atoms with van der Waals surface area (Å²) < 4.78 is 0. The van der Waals surface area contributed by atoms with Gasteiger partial charge in [-0.15, -0.1) is 0 Å². The fraction of sp³-hybridized carbons (Fsp3) is 0.100. The van der Waals surface area contributed by atoms with Crippen molar-refractivity contribution in [3.63, 3.8) is 0 Å². The topological polar surface area (TPSA) is 98.7 Å². The Kier molecular flexibility index (Phi) is 8.08. The lowest BCUT2D eigenvalue weighted by Gasteiger charge is -2.28. The predicted octanol–water partition coefficient (Wildman–Crippen LogP) is 4.49. The van der Waals surface area contributed by atoms with Gasteiger partial charge < -0.3 is 10.2 Å². The van der Waals surface area contributed by atoms with Crippen molar-refractivity contribution in [2.45, 2.75) is 12.6 Å². The maximum atomic E-state index is 13.5. The molecule has 37 heavy (non-hydrogen) atoms. The van der Waals surface area contributed by atoms with Crippen molar-refractivity contribution in [2.75, 3.05) is 7.05 Å². The highest BCUT2D eigenvalue weighted by atomic mass is 16.5. The third kappa shape index (κ3) is 6.28. The number of nitrogens with zero attached hydrogens (tertiary/aromatic N) is 1. The molecular weight excluding hydrogens is 466 g/mol. The number of amides is 3. The molecule has 0 heterocycles. The molecule has 4 aromatic rings. The second-order valence-electron chi connectivity index (χ2n) is 8.56. The summed E-state index contributed by atoms with van der Waals surface area (Å²) in [7, 11) is 1.61. The van der Waals surface area contributed by atoms with E-state index in [-0.39, 0.29) is 11.8 Å². The van der Waals surface area contributed by atoms with E-state index in [1.54, 1.807) is 37.4 Å². The van der Waals surface area contributed by atoms with Crippen LogP contribution in [0.5, 0.6) is 0 Å². The van der Waals surface area contributed by atoms with Crippen LogP contribution >= 0.6 is 0 Å². The number of hydrogen-bond donors (Lipinski definition) is 3. The number of rotatable bonds is 8. The highest BCUT2D eigenvalue weighted by molar-refractivity contribution is 6.01. The Hall–Kier alpha value is -4.75. The molecule has 0 aliphatic rings. The molecule has 1 atom stereocenters. The normalized spacial score (nSPS) is 11.7. The molecule has 4 aromatic carbocycles. The minimum absolute atomic E-state index is 0.283. The zero-order valence-corrected chi connectivity index (χ0v) is 20.3. The van der Waals surface area contributed by atoms with Gasteiger partial charge in [-0.3, -0.25) is 19.6 Å². The number of hydrogen-bond acceptors (Lipinski definition) is 4. The van der Waals surface area contributed by atoms with Crippen molar-refractivity contribution in [3.8, 4) is 0 Å². The van der Waals surface area contributed by atoms with Crippen LogP contribution in [-0.2, 0) is 16.1 Å². The highest BCUT2D eigenvalue weighted by Gasteiger charge is 2.29. The molecular formula is C30H27N3O4. The summed E-state index contributed by atoms with van der Waals surface area (Å²) in [6.45, 7) is 0.325. The first-order chi connectivity index (χ1) is 18.0. The Morgan fingerprint density at radius 1 is 0.865 bits per heavy atom. The number of fused-ring (bicyclic) bond motifs is 1. The van der Waals surface area contributed by atoms with E-state index in [9.17, 15) is 14.4 Å². The summed E-state index contributed by atoms with van der Waals surface area (Å²) in [5.41, 5.74) is 4.28. The Balaban J connectivity index is 1.62. The van der Waals surface area contributed by atoms with Crippen molar-refractivity contribution in [3.05, 3.63) is 125 Å². The lowest BCUT2D eigenvalue weighted by molar-refractivity contribution is -0.126. The van der Waals surface area contributed by atoms with Crippen LogP contribution in [0, 0.1) is 0 Å². The summed E-state index contributed by atoms with van der Waals surface area (Å²) in [5.74, 6) is -1.25. The first-order valence-electron chi connectivity index (χ1n) is 11.8. The first kappa shape index (κ1) is 25.3. The number of carbonyl (C=O) groups excluding carboxylic acids is 3. The summed E-state index contributed by atoms with van der Waals surface area (Å²) in [6, 6.07) is 28.9. The van der Waals surface area contributed by atoms with Crippen molar-refractivity contribution < 1.29 is 19.6 Å². The molecule has 0 aliphatic carbocycles. The SMILES string of the molecule is CN(C(=O)c1ccc2ccccc2c1)C(C(=O)NCc1ccccc1)c1ccc(/C=C/C(=O)NO)cc1. The number of hydroxylamine groups is 1. The fourth-order valence-electron chi connectivity index (χ4n) is 4.07. The van der Waals surface area contributed by atoms with Gasteiger partial charge in [0.05, 0.1) is 0 Å². The maximum Gasteiger partial charge on any atom is 0.267 e. The van der Waals surface area contributed by atoms with Gasteiger partial charge in [-0.25, -0.2) is 5.48 Å². The largest absolute Gasteiger partial charge is 0.350 e. The van der Waals surface area contributed by atoms with E-state index >= 15 is 0 Å². The minimum atomic E-state index is -0.888. The molecule has 4 rings (SSSR count). The summed E-state index contributed by atoms with van der Waals surface area (Å²) in [5, 5.41) is 13.6. The highest BCUT2D eigenvalue weighted by Crippen LogP contribution is 2.24. The van der Waals surface area contributed by atoms with Crippen LogP contribution in [0.4, 0.5) is 0 Å². The Labute approximate surface area is 215 Å². The number of benzene rings is 4. The molecule has 186 valence electrons. The first-order valence-corrected chi connectivity index (χ1v) is 11.8. The van der Waals surface area contributed by atoms with Crippen LogP contribution in [0.1, 0.15) is 33.1 Å². The van der Waals surface area contributed by atoms with Gasteiger partial charge in [0.2, 0.25) is 5.91 Å². The number of carbonyl (C=O) groups is 3. The van der Waals surface area contributed by atoms with E-state index in [1.807, 2.05) is 66.7 Å². The molecule has 0 bridgehead atoms. The summed E-state index contributed by atoms with van der Waals surface area (Å²) in [4.78, 5) is 39.7. The van der Waals surface area contributed by atoms with Gasteiger partial charge in [0.15, 0.2) is 0 Å². The van der Waals surface area contributed by atoms with E-state index in [4.69, 9.17) is 5.21 Å². The molecule has 7 heteroatoms. The van der Waals surface area contributed by atoms with Gasteiger partial charge in [0, 0.05) is 25.2 Å². The third-order valence-corrected chi connectivity index (χ3v) is 6.05. The van der Waals surface area contributed by atoms with Crippen molar-refractivity contribution >= 4 is 34.6 Å².